The molecule has 1 aliphatic rings. The number of nitrogens with zero attached hydrogens (tertiary/aromatic N) is 1. The minimum absolute atomic E-state index is 0.101. The summed E-state index contributed by atoms with van der Waals surface area (Å²) in [6.07, 6.45) is 0.776. The Labute approximate surface area is 135 Å². The number of carboxylic acid groups (broad SMARTS) is 1. The third kappa shape index (κ3) is 4.29. The van der Waals surface area contributed by atoms with Crippen LogP contribution < -0.4 is 4.72 Å². The van der Waals surface area contributed by atoms with E-state index in [2.05, 4.69) is 4.72 Å². The molecule has 0 aliphatic carbocycles. The predicted octanol–water partition coefficient (Wildman–Crippen LogP) is 0.677. The fourth-order valence-corrected chi connectivity index (χ4v) is 3.79. The van der Waals surface area contributed by atoms with E-state index in [1.807, 2.05) is 0 Å². The van der Waals surface area contributed by atoms with Crippen molar-refractivity contribution in [2.45, 2.75) is 30.7 Å². The first kappa shape index (κ1) is 17.4. The van der Waals surface area contributed by atoms with Crippen LogP contribution in [0.2, 0.25) is 0 Å². The van der Waals surface area contributed by atoms with Gasteiger partial charge in [0.15, 0.2) is 0 Å². The van der Waals surface area contributed by atoms with Crippen molar-refractivity contribution in [3.8, 4) is 0 Å². The number of benzene rings is 1. The van der Waals surface area contributed by atoms with E-state index < -0.39 is 28.0 Å². The van der Waals surface area contributed by atoms with Gasteiger partial charge in [0.1, 0.15) is 0 Å². The number of likely N-dealkylation sites (tertiary alicyclic amines) is 1. The molecule has 0 unspecified atom stereocenters. The van der Waals surface area contributed by atoms with Gasteiger partial charge >= 0.3 is 5.97 Å². The molecule has 1 aromatic rings. The van der Waals surface area contributed by atoms with E-state index in [4.69, 9.17) is 5.11 Å². The molecule has 1 aliphatic heterocycles. The number of sulfonamides is 1. The van der Waals surface area contributed by atoms with Crippen molar-refractivity contribution in [2.75, 3.05) is 13.1 Å². The number of amides is 1. The van der Waals surface area contributed by atoms with Crippen molar-refractivity contribution < 1.29 is 23.1 Å². The highest BCUT2D eigenvalue weighted by molar-refractivity contribution is 7.89. The molecule has 23 heavy (non-hydrogen) atoms. The Morgan fingerprint density at radius 3 is 2.30 bits per heavy atom. The lowest BCUT2D eigenvalue weighted by molar-refractivity contribution is -0.146. The molecule has 0 radical (unpaired) electrons. The van der Waals surface area contributed by atoms with E-state index in [-0.39, 0.29) is 10.8 Å². The lowest BCUT2D eigenvalue weighted by Crippen LogP contribution is -2.49. The lowest BCUT2D eigenvalue weighted by Gasteiger charge is -2.32. The van der Waals surface area contributed by atoms with Gasteiger partial charge in [0.25, 0.3) is 0 Å². The van der Waals surface area contributed by atoms with Gasteiger partial charge in [-0.15, -0.1) is 0 Å². The highest BCUT2D eigenvalue weighted by Crippen LogP contribution is 2.18. The fraction of sp³-hybridized carbons (Fsp3) is 0.467. The molecular weight excluding hydrogens is 320 g/mol. The monoisotopic (exact) mass is 340 g/mol. The number of carbonyl (C=O) groups excluding carboxylic acids is 1. The van der Waals surface area contributed by atoms with Gasteiger partial charge in [0, 0.05) is 13.1 Å². The Balaban J connectivity index is 1.97. The summed E-state index contributed by atoms with van der Waals surface area (Å²) in [6.45, 7) is 2.15. The Hall–Kier alpha value is -1.93. The maximum absolute atomic E-state index is 12.3. The SMILES string of the molecule is C[C@H](NS(=O)(=O)c1ccccc1)C(=O)N1CCC(C(=O)O)CC1. The molecule has 1 amide bonds. The van der Waals surface area contributed by atoms with E-state index in [1.54, 1.807) is 18.2 Å². The second-order valence-electron chi connectivity index (χ2n) is 5.59. The summed E-state index contributed by atoms with van der Waals surface area (Å²) in [5, 5.41) is 8.96. The number of nitrogens with one attached hydrogen (secondary N) is 1. The average Bonchev–Trinajstić information content (AvgIpc) is 2.54. The average molecular weight is 340 g/mol. The summed E-state index contributed by atoms with van der Waals surface area (Å²) in [5.41, 5.74) is 0. The summed E-state index contributed by atoms with van der Waals surface area (Å²) < 4.78 is 26.8. The molecule has 0 aromatic heterocycles. The first-order chi connectivity index (χ1) is 10.8. The standard InChI is InChI=1S/C15H20N2O5S/c1-11(16-23(21,22)13-5-3-2-4-6-13)14(18)17-9-7-12(8-10-17)15(19)20/h2-6,11-12,16H,7-10H2,1H3,(H,19,20)/t11-/m0/s1. The number of hydrogen-bond donors (Lipinski definition) is 2. The first-order valence-corrected chi connectivity index (χ1v) is 8.88. The van der Waals surface area contributed by atoms with Crippen LogP contribution in [0.3, 0.4) is 0 Å². The van der Waals surface area contributed by atoms with Crippen molar-refractivity contribution >= 4 is 21.9 Å². The molecule has 2 N–H and O–H groups in total. The first-order valence-electron chi connectivity index (χ1n) is 7.40. The van der Waals surface area contributed by atoms with Gasteiger partial charge in [-0.1, -0.05) is 18.2 Å². The van der Waals surface area contributed by atoms with E-state index >= 15 is 0 Å². The number of rotatable bonds is 5. The second kappa shape index (κ2) is 7.10. The molecule has 0 bridgehead atoms. The van der Waals surface area contributed by atoms with Crippen LogP contribution >= 0.6 is 0 Å². The zero-order chi connectivity index (χ0) is 17.0. The smallest absolute Gasteiger partial charge is 0.306 e. The van der Waals surface area contributed by atoms with Crippen molar-refractivity contribution in [3.05, 3.63) is 30.3 Å². The summed E-state index contributed by atoms with van der Waals surface area (Å²) in [4.78, 5) is 24.9. The van der Waals surface area contributed by atoms with Gasteiger partial charge < -0.3 is 10.0 Å². The molecule has 7 nitrogen and oxygen atoms in total. The minimum Gasteiger partial charge on any atom is -0.481 e. The van der Waals surface area contributed by atoms with Crippen LogP contribution in [0.5, 0.6) is 0 Å². The summed E-state index contributed by atoms with van der Waals surface area (Å²) in [7, 11) is -3.76. The summed E-state index contributed by atoms with van der Waals surface area (Å²) in [5.74, 6) is -1.63. The topological polar surface area (TPSA) is 104 Å². The molecule has 1 atom stereocenters. The number of hydrogen-bond acceptors (Lipinski definition) is 4. The summed E-state index contributed by atoms with van der Waals surface area (Å²) >= 11 is 0. The van der Waals surface area contributed by atoms with Crippen LogP contribution in [0, 0.1) is 5.92 Å². The summed E-state index contributed by atoms with van der Waals surface area (Å²) in [6, 6.07) is 6.94. The Kier molecular flexibility index (Phi) is 5.38. The van der Waals surface area contributed by atoms with Crippen molar-refractivity contribution in [3.63, 3.8) is 0 Å². The molecule has 8 heteroatoms. The van der Waals surface area contributed by atoms with E-state index in [0.29, 0.717) is 25.9 Å². The van der Waals surface area contributed by atoms with Gasteiger partial charge in [-0.3, -0.25) is 9.59 Å². The van der Waals surface area contributed by atoms with E-state index in [9.17, 15) is 18.0 Å². The highest BCUT2D eigenvalue weighted by atomic mass is 32.2. The van der Waals surface area contributed by atoms with E-state index in [1.165, 1.54) is 24.0 Å². The molecule has 1 saturated heterocycles. The number of aliphatic carboxylic acids is 1. The largest absolute Gasteiger partial charge is 0.481 e. The minimum atomic E-state index is -3.76. The predicted molar refractivity (Wildman–Crippen MR) is 83.2 cm³/mol. The van der Waals surface area contributed by atoms with Gasteiger partial charge in [-0.25, -0.2) is 8.42 Å². The molecule has 0 spiro atoms. The maximum Gasteiger partial charge on any atom is 0.306 e. The van der Waals surface area contributed by atoms with Crippen LogP contribution in [0.25, 0.3) is 0 Å². The third-order valence-corrected chi connectivity index (χ3v) is 5.47. The number of piperidine rings is 1. The van der Waals surface area contributed by atoms with Crippen LogP contribution in [0.1, 0.15) is 19.8 Å². The molecule has 0 saturated carbocycles. The van der Waals surface area contributed by atoms with Crippen molar-refractivity contribution in [1.29, 1.82) is 0 Å². The van der Waals surface area contributed by atoms with Gasteiger partial charge in [-0.2, -0.15) is 4.72 Å². The fourth-order valence-electron chi connectivity index (χ4n) is 2.57. The molecule has 1 aromatic carbocycles. The lowest BCUT2D eigenvalue weighted by atomic mass is 9.97. The van der Waals surface area contributed by atoms with Crippen molar-refractivity contribution in [2.24, 2.45) is 5.92 Å². The maximum atomic E-state index is 12.3. The number of carbonyl (C=O) groups is 2. The quantitative estimate of drug-likeness (QED) is 0.820. The van der Waals surface area contributed by atoms with Crippen LogP contribution in [-0.2, 0) is 19.6 Å². The molecular formula is C15H20N2O5S. The highest BCUT2D eigenvalue weighted by Gasteiger charge is 2.30. The Morgan fingerprint density at radius 1 is 1.22 bits per heavy atom. The van der Waals surface area contributed by atoms with Gasteiger partial charge in [-0.05, 0) is 31.9 Å². The Morgan fingerprint density at radius 2 is 1.78 bits per heavy atom. The van der Waals surface area contributed by atoms with Crippen LogP contribution in [0.15, 0.2) is 35.2 Å². The second-order valence-corrected chi connectivity index (χ2v) is 7.31. The van der Waals surface area contributed by atoms with Crippen LogP contribution in [0.4, 0.5) is 0 Å². The normalized spacial score (nSPS) is 17.7. The molecule has 126 valence electrons. The van der Waals surface area contributed by atoms with E-state index in [0.717, 1.165) is 0 Å². The molecule has 1 fully saturated rings. The van der Waals surface area contributed by atoms with Gasteiger partial charge in [0.2, 0.25) is 15.9 Å². The van der Waals surface area contributed by atoms with Gasteiger partial charge in [0.05, 0.1) is 16.9 Å². The van der Waals surface area contributed by atoms with Crippen LogP contribution in [-0.4, -0.2) is 49.4 Å². The third-order valence-electron chi connectivity index (χ3n) is 3.91. The zero-order valence-electron chi connectivity index (χ0n) is 12.8. The Bertz CT molecular complexity index is 666. The zero-order valence-corrected chi connectivity index (χ0v) is 13.6. The van der Waals surface area contributed by atoms with Crippen molar-refractivity contribution in [1.82, 2.24) is 9.62 Å². The number of carboxylic acids is 1. The molecule has 1 heterocycles. The molecule has 2 rings (SSSR count).